The van der Waals surface area contributed by atoms with Crippen molar-refractivity contribution < 1.29 is 62.6 Å². The van der Waals surface area contributed by atoms with Gasteiger partial charge in [0.2, 0.25) is 65.0 Å². The molecule has 4 rings (SSSR count). The van der Waals surface area contributed by atoms with Crippen LogP contribution in [0.1, 0.15) is 76.8 Å². The summed E-state index contributed by atoms with van der Waals surface area (Å²) >= 11 is 0. The number of rotatable bonds is 19. The van der Waals surface area contributed by atoms with Gasteiger partial charge in [0.15, 0.2) is 0 Å². The molecule has 2 aliphatic rings. The lowest BCUT2D eigenvalue weighted by Crippen LogP contribution is -2.61. The Hall–Kier alpha value is -7.30. The number of primary amides is 3. The monoisotopic (exact) mass is 1120 g/mol. The van der Waals surface area contributed by atoms with Crippen molar-refractivity contribution in [2.45, 2.75) is 127 Å². The van der Waals surface area contributed by atoms with Gasteiger partial charge in [-0.2, -0.15) is 0 Å². The van der Waals surface area contributed by atoms with Crippen molar-refractivity contribution in [1.29, 1.82) is 0 Å². The fourth-order valence-electron chi connectivity index (χ4n) is 7.77. The van der Waals surface area contributed by atoms with Crippen LogP contribution in [0.2, 0.25) is 0 Å². The van der Waals surface area contributed by atoms with E-state index in [0.29, 0.717) is 36.9 Å². The summed E-state index contributed by atoms with van der Waals surface area (Å²) in [5.74, 6) is -10.5. The molecule has 424 valence electrons. The molecule has 2 fully saturated rings. The Balaban J connectivity index is 0.00000391. The molecule has 0 spiro atoms. The van der Waals surface area contributed by atoms with Crippen molar-refractivity contribution in [2.24, 2.45) is 28.7 Å². The van der Waals surface area contributed by atoms with E-state index in [4.69, 9.17) is 38.6 Å². The maximum atomic E-state index is 14.6. The summed E-state index contributed by atoms with van der Waals surface area (Å²) in [6, 6.07) is 6.36. The number of benzene rings is 2. The molecule has 18 N–H and O–H groups in total. The van der Waals surface area contributed by atoms with Crippen molar-refractivity contribution in [3.8, 4) is 0 Å². The predicted molar refractivity (Wildman–Crippen MR) is 287 cm³/mol. The SMILES string of the molecule is C.CC(=O)O.NCCCC[C@H](NC(=O)[C@@H]1CCCN1C(=O)[C@@H]1CSSC[C@H](N)C(=O)N[C@@H](Cc2ccccc2)C(=O)N[C@@H](Cc2ccccc2)C(=O)N[C@@H](CCC(N)=O)C(=O)N[C@@H](CC(N)=O)C(=O)N1)C(=O)NCC(N)=O. The number of likely N-dealkylation sites (tertiary alicyclic amines) is 1. The number of nitrogens with two attached hydrogens (primary N) is 5. The first-order valence-corrected chi connectivity index (χ1v) is 26.8. The second-order valence-corrected chi connectivity index (χ2v) is 20.3. The second kappa shape index (κ2) is 34.4. The quantitative estimate of drug-likeness (QED) is 0.0484. The number of carboxylic acid groups (broad SMARTS) is 1. The summed E-state index contributed by atoms with van der Waals surface area (Å²) in [6.45, 7) is 0.963. The third-order valence-electron chi connectivity index (χ3n) is 11.6. The van der Waals surface area contributed by atoms with Gasteiger partial charge in [0.1, 0.15) is 42.3 Å². The van der Waals surface area contributed by atoms with E-state index in [-0.39, 0.29) is 51.2 Å². The van der Waals surface area contributed by atoms with E-state index in [2.05, 4.69) is 37.2 Å². The number of hydrogen-bond donors (Lipinski definition) is 13. The summed E-state index contributed by atoms with van der Waals surface area (Å²) in [6.07, 6.45) is -0.141. The topological polar surface area (TPSA) is 443 Å². The lowest BCUT2D eigenvalue weighted by Gasteiger charge is -2.31. The largest absolute Gasteiger partial charge is 0.481 e. The Morgan fingerprint density at radius 2 is 1.21 bits per heavy atom. The Morgan fingerprint density at radius 3 is 1.74 bits per heavy atom. The molecule has 0 radical (unpaired) electrons. The van der Waals surface area contributed by atoms with Crippen molar-refractivity contribution in [3.05, 3.63) is 71.8 Å². The number of aliphatic carboxylic acids is 1. The molecule has 8 atom stereocenters. The number of carboxylic acids is 1. The van der Waals surface area contributed by atoms with Crippen LogP contribution in [0.15, 0.2) is 60.7 Å². The van der Waals surface area contributed by atoms with E-state index in [9.17, 15) is 52.7 Å². The van der Waals surface area contributed by atoms with Crippen LogP contribution < -0.4 is 65.9 Å². The van der Waals surface area contributed by atoms with Gasteiger partial charge in [-0.3, -0.25) is 57.5 Å². The zero-order valence-corrected chi connectivity index (χ0v) is 43.6. The van der Waals surface area contributed by atoms with Gasteiger partial charge in [-0.15, -0.1) is 0 Å². The summed E-state index contributed by atoms with van der Waals surface area (Å²) in [5.41, 5.74) is 29.4. The van der Waals surface area contributed by atoms with Crippen LogP contribution in [0, 0.1) is 0 Å². The van der Waals surface area contributed by atoms with Crippen molar-refractivity contribution in [1.82, 2.24) is 42.1 Å². The van der Waals surface area contributed by atoms with Crippen LogP contribution in [-0.2, 0) is 70.4 Å². The number of carbonyl (C=O) groups is 12. The first-order valence-electron chi connectivity index (χ1n) is 24.3. The Labute approximate surface area is 454 Å². The first kappa shape index (κ1) is 65.8. The number of amides is 11. The van der Waals surface area contributed by atoms with Crippen LogP contribution in [-0.4, -0.2) is 160 Å². The number of hydrogen-bond acceptors (Lipinski definition) is 16. The third kappa shape index (κ3) is 24.1. The molecule has 2 aromatic carbocycles. The maximum absolute atomic E-state index is 14.6. The highest BCUT2D eigenvalue weighted by atomic mass is 33.1. The number of carbonyl (C=O) groups excluding carboxylic acids is 11. The molecule has 26 nitrogen and oxygen atoms in total. The molecule has 0 aliphatic carbocycles. The molecule has 2 aliphatic heterocycles. The summed E-state index contributed by atoms with van der Waals surface area (Å²) in [4.78, 5) is 158. The fourth-order valence-corrected chi connectivity index (χ4v) is 10.0. The first-order chi connectivity index (χ1) is 36.1. The fraction of sp³-hybridized carbons (Fsp3) is 0.510. The van der Waals surface area contributed by atoms with Gasteiger partial charge in [-0.25, -0.2) is 0 Å². The predicted octanol–water partition coefficient (Wildman–Crippen LogP) is -3.31. The zero-order valence-electron chi connectivity index (χ0n) is 42.0. The molecular weight excluding hydrogens is 1040 g/mol. The Kier molecular flexibility index (Phi) is 29.4. The van der Waals surface area contributed by atoms with Crippen LogP contribution in [0.3, 0.4) is 0 Å². The van der Waals surface area contributed by atoms with Crippen molar-refractivity contribution >= 4 is 92.5 Å². The molecule has 2 heterocycles. The van der Waals surface area contributed by atoms with E-state index in [0.717, 1.165) is 28.5 Å². The smallest absolute Gasteiger partial charge is 0.300 e. The average molecular weight is 1120 g/mol. The second-order valence-electron chi connectivity index (χ2n) is 17.8. The molecule has 0 bridgehead atoms. The van der Waals surface area contributed by atoms with Crippen LogP contribution in [0.25, 0.3) is 0 Å². The molecule has 77 heavy (non-hydrogen) atoms. The zero-order chi connectivity index (χ0) is 56.3. The van der Waals surface area contributed by atoms with Gasteiger partial charge in [0.25, 0.3) is 5.97 Å². The molecule has 2 aromatic rings. The van der Waals surface area contributed by atoms with E-state index >= 15 is 0 Å². The van der Waals surface area contributed by atoms with Gasteiger partial charge in [0.05, 0.1) is 19.0 Å². The molecule has 2 saturated heterocycles. The van der Waals surface area contributed by atoms with Gasteiger partial charge in [-0.05, 0) is 56.2 Å². The van der Waals surface area contributed by atoms with Crippen molar-refractivity contribution in [2.75, 3.05) is 31.1 Å². The summed E-state index contributed by atoms with van der Waals surface area (Å²) in [7, 11) is 2.07. The number of unbranched alkanes of at least 4 members (excludes halogenated alkanes) is 1. The highest BCUT2D eigenvalue weighted by Crippen LogP contribution is 2.26. The Morgan fingerprint density at radius 1 is 0.701 bits per heavy atom. The molecule has 0 unspecified atom stereocenters. The van der Waals surface area contributed by atoms with E-state index in [1.54, 1.807) is 60.7 Å². The highest BCUT2D eigenvalue weighted by molar-refractivity contribution is 8.76. The molecule has 11 amide bonds. The van der Waals surface area contributed by atoms with E-state index in [1.807, 2.05) is 0 Å². The third-order valence-corrected chi connectivity index (χ3v) is 14.0. The molecular formula is C49H73N13O13S2. The minimum Gasteiger partial charge on any atom is -0.481 e. The van der Waals surface area contributed by atoms with Gasteiger partial charge < -0.3 is 75.9 Å². The average Bonchev–Trinajstić information content (AvgIpc) is 3.87. The van der Waals surface area contributed by atoms with Gasteiger partial charge in [0, 0.05) is 44.2 Å². The molecule has 0 saturated carbocycles. The van der Waals surface area contributed by atoms with Crippen molar-refractivity contribution in [3.63, 3.8) is 0 Å². The maximum Gasteiger partial charge on any atom is 0.300 e. The standard InChI is InChI=1S/C46H65N13O11S2.C2H4O2.CH4/c47-18-8-7-14-29(40(64)52-23-38(51)62)54-45(69)35-15-9-19-59(35)46(70)34-25-72-71-24-28(48)39(63)55-31(20-26-10-3-1-4-11-26)43(67)56-32(21-27-12-5-2-6-13-27)42(66)53-30(16-17-36(49)60)41(65)57-33(22-37(50)61)44(68)58-34;1-2(3)4;/h1-6,10-13,28-35H,7-9,14-25,47-48H2,(H2,49,60)(H2,50,61)(H2,51,62)(H,52,64)(H,53,66)(H,54,69)(H,55,63)(H,56,67)(H,57,65)(H,58,68);1H3,(H,3,4);1H4/t28-,29-,30-,31-,32-,33-,34-,35-;;/m0../s1. The highest BCUT2D eigenvalue weighted by Gasteiger charge is 2.40. The minimum absolute atomic E-state index is 0. The Bertz CT molecular complexity index is 2350. The molecule has 28 heteroatoms. The van der Waals surface area contributed by atoms with Crippen LogP contribution in [0.5, 0.6) is 0 Å². The van der Waals surface area contributed by atoms with Crippen LogP contribution in [0.4, 0.5) is 0 Å². The van der Waals surface area contributed by atoms with Gasteiger partial charge >= 0.3 is 0 Å². The van der Waals surface area contributed by atoms with E-state index in [1.165, 1.54) is 4.90 Å². The van der Waals surface area contributed by atoms with Crippen LogP contribution >= 0.6 is 21.6 Å². The minimum atomic E-state index is -1.76. The lowest BCUT2D eigenvalue weighted by atomic mass is 10.0. The number of nitrogens with one attached hydrogen (secondary N) is 7. The van der Waals surface area contributed by atoms with E-state index < -0.39 is 145 Å². The molecule has 0 aromatic heterocycles. The summed E-state index contributed by atoms with van der Waals surface area (Å²) in [5, 5.41) is 25.4. The van der Waals surface area contributed by atoms with Gasteiger partial charge in [-0.1, -0.05) is 89.7 Å². The lowest BCUT2D eigenvalue weighted by molar-refractivity contribution is -0.142. The normalized spacial score (nSPS) is 22.0. The summed E-state index contributed by atoms with van der Waals surface area (Å²) < 4.78 is 0. The number of nitrogens with zero attached hydrogens (tertiary/aromatic N) is 1.